The molecule has 0 atom stereocenters. The van der Waals surface area contributed by atoms with Crippen LogP contribution >= 0.6 is 11.8 Å². The lowest BCUT2D eigenvalue weighted by molar-refractivity contribution is -0.134. The Hall–Kier alpha value is -2.61. The molecular weight excluding hydrogens is 374 g/mol. The summed E-state index contributed by atoms with van der Waals surface area (Å²) in [6.45, 7) is 10.5. The van der Waals surface area contributed by atoms with E-state index in [9.17, 15) is 9.59 Å². The van der Waals surface area contributed by atoms with Crippen LogP contribution in [0.25, 0.3) is 11.4 Å². The summed E-state index contributed by atoms with van der Waals surface area (Å²) in [5.74, 6) is 0.656. The van der Waals surface area contributed by atoms with Crippen LogP contribution in [0.15, 0.2) is 48.1 Å². The van der Waals surface area contributed by atoms with Crippen LogP contribution in [0.1, 0.15) is 20.8 Å². The van der Waals surface area contributed by atoms with Crippen LogP contribution in [0.2, 0.25) is 0 Å². The molecule has 0 aliphatic carbocycles. The van der Waals surface area contributed by atoms with E-state index in [0.29, 0.717) is 18.2 Å². The monoisotopic (exact) mass is 401 g/mol. The van der Waals surface area contributed by atoms with Gasteiger partial charge in [-0.05, 0) is 20.8 Å². The maximum absolute atomic E-state index is 12.6. The second-order valence-corrected chi connectivity index (χ2v) is 7.43. The van der Waals surface area contributed by atoms with Gasteiger partial charge in [0.05, 0.1) is 12.3 Å². The molecule has 0 aliphatic rings. The van der Waals surface area contributed by atoms with Crippen molar-refractivity contribution in [2.45, 2.75) is 38.5 Å². The van der Waals surface area contributed by atoms with Crippen molar-refractivity contribution < 1.29 is 9.59 Å². The highest BCUT2D eigenvalue weighted by Crippen LogP contribution is 2.24. The fourth-order valence-electron chi connectivity index (χ4n) is 2.62. The van der Waals surface area contributed by atoms with Crippen molar-refractivity contribution in [2.24, 2.45) is 0 Å². The summed E-state index contributed by atoms with van der Waals surface area (Å²) in [7, 11) is 0. The number of nitrogens with zero attached hydrogens (tertiary/aromatic N) is 4. The summed E-state index contributed by atoms with van der Waals surface area (Å²) in [4.78, 5) is 26.1. The molecule has 0 fully saturated rings. The molecule has 8 heteroatoms. The van der Waals surface area contributed by atoms with Crippen molar-refractivity contribution in [3.8, 4) is 11.4 Å². The van der Waals surface area contributed by atoms with Crippen LogP contribution in [-0.2, 0) is 16.1 Å². The van der Waals surface area contributed by atoms with Crippen molar-refractivity contribution in [1.82, 2.24) is 25.0 Å². The second-order valence-electron chi connectivity index (χ2n) is 6.49. The first-order chi connectivity index (χ1) is 13.5. The molecule has 1 aromatic heterocycles. The molecule has 7 nitrogen and oxygen atoms in total. The van der Waals surface area contributed by atoms with Crippen LogP contribution in [0.5, 0.6) is 0 Å². The van der Waals surface area contributed by atoms with E-state index in [-0.39, 0.29) is 30.2 Å². The van der Waals surface area contributed by atoms with Gasteiger partial charge in [0.1, 0.15) is 0 Å². The predicted molar refractivity (Wildman–Crippen MR) is 112 cm³/mol. The highest BCUT2D eigenvalue weighted by Gasteiger charge is 2.19. The van der Waals surface area contributed by atoms with Crippen molar-refractivity contribution in [1.29, 1.82) is 0 Å². The largest absolute Gasteiger partial charge is 0.352 e. The summed E-state index contributed by atoms with van der Waals surface area (Å²) in [5, 5.41) is 12.0. The third-order valence-corrected chi connectivity index (χ3v) is 4.86. The van der Waals surface area contributed by atoms with Crippen LogP contribution in [-0.4, -0.2) is 56.4 Å². The number of aromatic nitrogens is 3. The summed E-state index contributed by atoms with van der Waals surface area (Å²) in [5.41, 5.74) is 0.954. The summed E-state index contributed by atoms with van der Waals surface area (Å²) >= 11 is 1.31. The molecule has 0 radical (unpaired) electrons. The summed E-state index contributed by atoms with van der Waals surface area (Å²) < 4.78 is 1.93. The molecule has 0 spiro atoms. The minimum atomic E-state index is -0.156. The lowest BCUT2D eigenvalue weighted by Crippen LogP contribution is -2.43. The molecular formula is C20H27N5O2S. The van der Waals surface area contributed by atoms with Gasteiger partial charge < -0.3 is 10.2 Å². The zero-order chi connectivity index (χ0) is 20.5. The third kappa shape index (κ3) is 5.95. The average Bonchev–Trinajstić information content (AvgIpc) is 3.07. The molecule has 1 aromatic carbocycles. The normalized spacial score (nSPS) is 10.7. The first-order valence-corrected chi connectivity index (χ1v) is 10.2. The number of allylic oxidation sites excluding steroid dienone is 1. The van der Waals surface area contributed by atoms with Gasteiger partial charge in [0.15, 0.2) is 11.0 Å². The fraction of sp³-hybridized carbons (Fsp3) is 0.400. The maximum atomic E-state index is 12.6. The van der Waals surface area contributed by atoms with Crippen molar-refractivity contribution in [2.75, 3.05) is 18.8 Å². The molecule has 0 aliphatic heterocycles. The summed E-state index contributed by atoms with van der Waals surface area (Å²) in [6, 6.07) is 9.82. The van der Waals surface area contributed by atoms with Crippen molar-refractivity contribution in [3.05, 3.63) is 43.0 Å². The van der Waals surface area contributed by atoms with Gasteiger partial charge in [-0.1, -0.05) is 48.2 Å². The van der Waals surface area contributed by atoms with Crippen LogP contribution < -0.4 is 5.32 Å². The predicted octanol–water partition coefficient (Wildman–Crippen LogP) is 2.60. The van der Waals surface area contributed by atoms with E-state index in [1.54, 1.807) is 6.08 Å². The zero-order valence-corrected chi connectivity index (χ0v) is 17.4. The Morgan fingerprint density at radius 2 is 2.00 bits per heavy atom. The van der Waals surface area contributed by atoms with Gasteiger partial charge in [-0.25, -0.2) is 0 Å². The molecule has 2 rings (SSSR count). The van der Waals surface area contributed by atoms with Gasteiger partial charge >= 0.3 is 0 Å². The number of hydrogen-bond acceptors (Lipinski definition) is 5. The number of nitrogens with one attached hydrogen (secondary N) is 1. The van der Waals surface area contributed by atoms with E-state index >= 15 is 0 Å². The molecule has 2 amide bonds. The Kier molecular flexibility index (Phi) is 8.25. The van der Waals surface area contributed by atoms with Gasteiger partial charge in [-0.15, -0.1) is 16.8 Å². The SMILES string of the molecule is C=CCn1c(SCC(=O)N(CC)CC(=O)NC(C)C)nnc1-c1ccccc1. The van der Waals surface area contributed by atoms with Crippen LogP contribution in [0.4, 0.5) is 0 Å². The number of hydrogen-bond donors (Lipinski definition) is 1. The van der Waals surface area contributed by atoms with Gasteiger partial charge in [0.2, 0.25) is 11.8 Å². The highest BCUT2D eigenvalue weighted by atomic mass is 32.2. The molecule has 2 aromatic rings. The van der Waals surface area contributed by atoms with E-state index in [1.165, 1.54) is 16.7 Å². The Morgan fingerprint density at radius 1 is 1.29 bits per heavy atom. The topological polar surface area (TPSA) is 80.1 Å². The first-order valence-electron chi connectivity index (χ1n) is 9.25. The first kappa shape index (κ1) is 21.7. The lowest BCUT2D eigenvalue weighted by Gasteiger charge is -2.21. The fourth-order valence-corrected chi connectivity index (χ4v) is 3.48. The smallest absolute Gasteiger partial charge is 0.239 e. The standard InChI is InChI=1S/C20H27N5O2S/c1-5-12-25-19(16-10-8-7-9-11-16)22-23-20(25)28-14-18(27)24(6-2)13-17(26)21-15(3)4/h5,7-11,15H,1,6,12-14H2,2-4H3,(H,21,26). The van der Waals surface area contributed by atoms with E-state index in [0.717, 1.165) is 11.4 Å². The highest BCUT2D eigenvalue weighted by molar-refractivity contribution is 7.99. The van der Waals surface area contributed by atoms with Gasteiger partial charge in [-0.2, -0.15) is 0 Å². The quantitative estimate of drug-likeness (QED) is 0.489. The van der Waals surface area contributed by atoms with Gasteiger partial charge in [0.25, 0.3) is 0 Å². The minimum Gasteiger partial charge on any atom is -0.352 e. The van der Waals surface area contributed by atoms with E-state index in [4.69, 9.17) is 0 Å². The third-order valence-electron chi connectivity index (χ3n) is 3.90. The van der Waals surface area contributed by atoms with Gasteiger partial charge in [0, 0.05) is 24.7 Å². The number of likely N-dealkylation sites (N-methyl/N-ethyl adjacent to an activating group) is 1. The number of carbonyl (C=O) groups excluding carboxylic acids is 2. The Morgan fingerprint density at radius 3 is 2.61 bits per heavy atom. The maximum Gasteiger partial charge on any atom is 0.239 e. The molecule has 28 heavy (non-hydrogen) atoms. The Balaban J connectivity index is 2.06. The average molecular weight is 402 g/mol. The number of rotatable bonds is 10. The number of benzene rings is 1. The van der Waals surface area contributed by atoms with E-state index < -0.39 is 0 Å². The lowest BCUT2D eigenvalue weighted by atomic mass is 10.2. The second kappa shape index (κ2) is 10.7. The van der Waals surface area contributed by atoms with Gasteiger partial charge in [-0.3, -0.25) is 14.2 Å². The summed E-state index contributed by atoms with van der Waals surface area (Å²) in [6.07, 6.45) is 1.77. The zero-order valence-electron chi connectivity index (χ0n) is 16.6. The molecule has 0 bridgehead atoms. The molecule has 0 saturated heterocycles. The number of thioether (sulfide) groups is 1. The molecule has 0 saturated carbocycles. The molecule has 150 valence electrons. The number of carbonyl (C=O) groups is 2. The number of amides is 2. The van der Waals surface area contributed by atoms with Crippen molar-refractivity contribution in [3.63, 3.8) is 0 Å². The molecule has 1 N–H and O–H groups in total. The molecule has 0 unspecified atom stereocenters. The Labute approximate surface area is 170 Å². The van der Waals surface area contributed by atoms with Crippen LogP contribution in [0.3, 0.4) is 0 Å². The van der Waals surface area contributed by atoms with Crippen molar-refractivity contribution >= 4 is 23.6 Å². The van der Waals surface area contributed by atoms with E-state index in [2.05, 4.69) is 22.1 Å². The minimum absolute atomic E-state index is 0.0459. The van der Waals surface area contributed by atoms with E-state index in [1.807, 2.05) is 55.7 Å². The van der Waals surface area contributed by atoms with Crippen LogP contribution in [0, 0.1) is 0 Å². The molecule has 1 heterocycles. The Bertz CT molecular complexity index is 804.